The van der Waals surface area contributed by atoms with Crippen LogP contribution in [0.1, 0.15) is 48.8 Å². The van der Waals surface area contributed by atoms with Crippen LogP contribution in [0.4, 0.5) is 0 Å². The Morgan fingerprint density at radius 2 is 1.81 bits per heavy atom. The zero-order chi connectivity index (χ0) is 18.1. The lowest BCUT2D eigenvalue weighted by Gasteiger charge is -2.14. The number of rotatable bonds is 7. The second kappa shape index (κ2) is 12.1. The van der Waals surface area contributed by atoms with E-state index in [0.717, 1.165) is 12.5 Å². The highest BCUT2D eigenvalue weighted by Gasteiger charge is 2.17. The summed E-state index contributed by atoms with van der Waals surface area (Å²) in [7, 11) is 1.76. The summed E-state index contributed by atoms with van der Waals surface area (Å²) in [6, 6.07) is 6.46. The first-order valence-electron chi connectivity index (χ1n) is 9.36. The molecule has 0 heterocycles. The lowest BCUT2D eigenvalue weighted by Crippen LogP contribution is -2.41. The van der Waals surface area contributed by atoms with Gasteiger partial charge in [0, 0.05) is 33.1 Å². The molecule has 1 aliphatic carbocycles. The van der Waals surface area contributed by atoms with E-state index >= 15 is 0 Å². The van der Waals surface area contributed by atoms with Gasteiger partial charge in [-0.15, -0.1) is 24.0 Å². The molecule has 0 radical (unpaired) electrons. The number of aryl methyl sites for hydroxylation is 2. The van der Waals surface area contributed by atoms with Crippen molar-refractivity contribution in [1.29, 1.82) is 0 Å². The number of carbonyl (C=O) groups excluding carboxylic acids is 1. The van der Waals surface area contributed by atoms with Crippen LogP contribution in [0.3, 0.4) is 0 Å². The van der Waals surface area contributed by atoms with Crippen molar-refractivity contribution in [2.45, 2.75) is 52.5 Å². The molecule has 1 aliphatic rings. The van der Waals surface area contributed by atoms with Gasteiger partial charge in [0.15, 0.2) is 5.96 Å². The zero-order valence-electron chi connectivity index (χ0n) is 16.2. The fraction of sp³-hybridized carbons (Fsp3) is 0.600. The van der Waals surface area contributed by atoms with Gasteiger partial charge in [-0.3, -0.25) is 9.79 Å². The van der Waals surface area contributed by atoms with Gasteiger partial charge in [0.25, 0.3) is 0 Å². The minimum absolute atomic E-state index is 0. The first kappa shape index (κ1) is 22.7. The van der Waals surface area contributed by atoms with E-state index in [0.29, 0.717) is 25.4 Å². The predicted octanol–water partition coefficient (Wildman–Crippen LogP) is 3.28. The van der Waals surface area contributed by atoms with Gasteiger partial charge in [0.2, 0.25) is 5.91 Å². The first-order chi connectivity index (χ1) is 12.1. The molecule has 26 heavy (non-hydrogen) atoms. The van der Waals surface area contributed by atoms with Crippen LogP contribution in [0.15, 0.2) is 23.2 Å². The van der Waals surface area contributed by atoms with Gasteiger partial charge < -0.3 is 16.0 Å². The maximum absolute atomic E-state index is 11.9. The molecule has 0 spiro atoms. The Balaban J connectivity index is 0.00000338. The summed E-state index contributed by atoms with van der Waals surface area (Å²) in [5, 5.41) is 9.56. The number of guanidine groups is 1. The second-order valence-electron chi connectivity index (χ2n) is 6.99. The molecular formula is C20H33IN4O. The molecule has 6 heteroatoms. The molecular weight excluding hydrogens is 439 g/mol. The van der Waals surface area contributed by atoms with E-state index in [2.05, 4.69) is 53.0 Å². The van der Waals surface area contributed by atoms with Crippen molar-refractivity contribution in [3.05, 3.63) is 34.9 Å². The van der Waals surface area contributed by atoms with Gasteiger partial charge in [-0.1, -0.05) is 36.6 Å². The molecule has 2 rings (SSSR count). The lowest BCUT2D eigenvalue weighted by atomic mass is 10.0. The number of hydrogen-bond acceptors (Lipinski definition) is 2. The quantitative estimate of drug-likeness (QED) is 0.247. The topological polar surface area (TPSA) is 65.5 Å². The third-order valence-corrected chi connectivity index (χ3v) is 4.86. The number of halogens is 1. The fourth-order valence-corrected chi connectivity index (χ4v) is 3.38. The minimum Gasteiger partial charge on any atom is -0.355 e. The summed E-state index contributed by atoms with van der Waals surface area (Å²) >= 11 is 0. The molecule has 0 bridgehead atoms. The van der Waals surface area contributed by atoms with E-state index in [1.165, 1.54) is 42.4 Å². The number of nitrogens with one attached hydrogen (secondary N) is 3. The molecule has 0 aromatic heterocycles. The standard InChI is InChI=1S/C20H32N4O.HI/c1-15-8-9-18(16(2)12-15)14-24-20(21-3)23-11-10-22-19(25)13-17-6-4-5-7-17;/h8-9,12,17H,4-7,10-11,13-14H2,1-3H3,(H,22,25)(H2,21,23,24);1H. The molecule has 3 N–H and O–H groups in total. The van der Waals surface area contributed by atoms with Gasteiger partial charge in [0.1, 0.15) is 0 Å². The summed E-state index contributed by atoms with van der Waals surface area (Å²) in [4.78, 5) is 16.1. The Bertz CT molecular complexity index is 597. The summed E-state index contributed by atoms with van der Waals surface area (Å²) < 4.78 is 0. The van der Waals surface area contributed by atoms with E-state index in [4.69, 9.17) is 0 Å². The van der Waals surface area contributed by atoms with E-state index < -0.39 is 0 Å². The Morgan fingerprint density at radius 3 is 2.46 bits per heavy atom. The molecule has 1 aromatic carbocycles. The SMILES string of the molecule is CN=C(NCCNC(=O)CC1CCCC1)NCc1ccc(C)cc1C.I. The van der Waals surface area contributed by atoms with Crippen LogP contribution in [-0.4, -0.2) is 32.0 Å². The number of benzene rings is 1. The van der Waals surface area contributed by atoms with Crippen molar-refractivity contribution in [2.75, 3.05) is 20.1 Å². The van der Waals surface area contributed by atoms with Gasteiger partial charge in [0.05, 0.1) is 0 Å². The maximum Gasteiger partial charge on any atom is 0.220 e. The van der Waals surface area contributed by atoms with Gasteiger partial charge in [-0.05, 0) is 43.7 Å². The number of nitrogens with zero attached hydrogens (tertiary/aromatic N) is 1. The minimum atomic E-state index is 0. The van der Waals surface area contributed by atoms with E-state index in [1.807, 2.05) is 0 Å². The fourth-order valence-electron chi connectivity index (χ4n) is 3.38. The van der Waals surface area contributed by atoms with E-state index in [-0.39, 0.29) is 29.9 Å². The molecule has 1 saturated carbocycles. The molecule has 1 aromatic rings. The average molecular weight is 472 g/mol. The Hall–Kier alpha value is -1.31. The van der Waals surface area contributed by atoms with Crippen LogP contribution in [-0.2, 0) is 11.3 Å². The number of hydrogen-bond donors (Lipinski definition) is 3. The largest absolute Gasteiger partial charge is 0.355 e. The summed E-state index contributed by atoms with van der Waals surface area (Å²) in [6.07, 6.45) is 5.66. The normalized spacial score (nSPS) is 14.7. The lowest BCUT2D eigenvalue weighted by molar-refractivity contribution is -0.121. The second-order valence-corrected chi connectivity index (χ2v) is 6.99. The van der Waals surface area contributed by atoms with Gasteiger partial charge in [-0.2, -0.15) is 0 Å². The van der Waals surface area contributed by atoms with Crippen molar-refractivity contribution in [3.63, 3.8) is 0 Å². The molecule has 146 valence electrons. The highest BCUT2D eigenvalue weighted by molar-refractivity contribution is 14.0. The van der Waals surface area contributed by atoms with Crippen LogP contribution in [0.25, 0.3) is 0 Å². The molecule has 0 aliphatic heterocycles. The van der Waals surface area contributed by atoms with Crippen LogP contribution in [0.5, 0.6) is 0 Å². The predicted molar refractivity (Wildman–Crippen MR) is 119 cm³/mol. The summed E-state index contributed by atoms with van der Waals surface area (Å²) in [5.41, 5.74) is 3.82. The van der Waals surface area contributed by atoms with Crippen LogP contribution >= 0.6 is 24.0 Å². The highest BCUT2D eigenvalue weighted by Crippen LogP contribution is 2.27. The number of amides is 1. The third-order valence-electron chi connectivity index (χ3n) is 4.86. The van der Waals surface area contributed by atoms with Crippen LogP contribution < -0.4 is 16.0 Å². The molecule has 0 atom stereocenters. The third kappa shape index (κ3) is 7.93. The summed E-state index contributed by atoms with van der Waals surface area (Å²) in [5.74, 6) is 1.53. The van der Waals surface area contributed by atoms with Gasteiger partial charge >= 0.3 is 0 Å². The van der Waals surface area contributed by atoms with Gasteiger partial charge in [-0.25, -0.2) is 0 Å². The molecule has 1 amide bonds. The Labute approximate surface area is 174 Å². The maximum atomic E-state index is 11.9. The average Bonchev–Trinajstić information content (AvgIpc) is 3.08. The number of carbonyl (C=O) groups is 1. The molecule has 5 nitrogen and oxygen atoms in total. The van der Waals surface area contributed by atoms with E-state index in [9.17, 15) is 4.79 Å². The van der Waals surface area contributed by atoms with Crippen molar-refractivity contribution in [2.24, 2.45) is 10.9 Å². The van der Waals surface area contributed by atoms with Crippen LogP contribution in [0.2, 0.25) is 0 Å². The highest BCUT2D eigenvalue weighted by atomic mass is 127. The monoisotopic (exact) mass is 472 g/mol. The number of aliphatic imine (C=N–C) groups is 1. The Kier molecular flexibility index (Phi) is 10.6. The van der Waals surface area contributed by atoms with Crippen molar-refractivity contribution >= 4 is 35.8 Å². The molecule has 0 saturated heterocycles. The van der Waals surface area contributed by atoms with Crippen molar-refractivity contribution < 1.29 is 4.79 Å². The molecule has 1 fully saturated rings. The van der Waals surface area contributed by atoms with E-state index in [1.54, 1.807) is 7.05 Å². The zero-order valence-corrected chi connectivity index (χ0v) is 18.6. The smallest absolute Gasteiger partial charge is 0.220 e. The van der Waals surface area contributed by atoms with Crippen LogP contribution in [0, 0.1) is 19.8 Å². The molecule has 0 unspecified atom stereocenters. The Morgan fingerprint density at radius 1 is 1.12 bits per heavy atom. The van der Waals surface area contributed by atoms with Crippen molar-refractivity contribution in [3.8, 4) is 0 Å². The first-order valence-corrected chi connectivity index (χ1v) is 9.36. The summed E-state index contributed by atoms with van der Waals surface area (Å²) in [6.45, 7) is 6.25. The van der Waals surface area contributed by atoms with Crippen molar-refractivity contribution in [1.82, 2.24) is 16.0 Å².